The van der Waals surface area contributed by atoms with Crippen molar-refractivity contribution in [2.24, 2.45) is 7.05 Å². The predicted octanol–water partition coefficient (Wildman–Crippen LogP) is 1.07. The van der Waals surface area contributed by atoms with Crippen LogP contribution in [0.25, 0.3) is 33.2 Å². The Morgan fingerprint density at radius 3 is 2.67 bits per heavy atom. The first-order chi connectivity index (χ1) is 10.2. The molecule has 0 radical (unpaired) electrons. The average molecular weight is 276 g/mol. The van der Waals surface area contributed by atoms with Crippen LogP contribution in [0.2, 0.25) is 0 Å². The molecule has 0 spiro atoms. The van der Waals surface area contributed by atoms with Crippen LogP contribution in [0.1, 0.15) is 11.1 Å². The molecule has 1 aliphatic heterocycles. The molecule has 0 amide bonds. The normalized spacial score (nSPS) is 13.2. The maximum atomic E-state index is 11.2. The Hall–Kier alpha value is -3.20. The summed E-state index contributed by atoms with van der Waals surface area (Å²) in [4.78, 5) is 22.4. The first-order valence-electron chi connectivity index (χ1n) is 6.27. The molecule has 0 aliphatic carbocycles. The second kappa shape index (κ2) is 3.90. The van der Waals surface area contributed by atoms with Gasteiger partial charge in [0.15, 0.2) is 11.9 Å². The van der Waals surface area contributed by atoms with E-state index in [9.17, 15) is 9.59 Å². The monoisotopic (exact) mass is 276 g/mol. The van der Waals surface area contributed by atoms with Gasteiger partial charge in [-0.3, -0.25) is 0 Å². The lowest BCUT2D eigenvalue weighted by Gasteiger charge is -2.20. The molecule has 6 heteroatoms. The zero-order chi connectivity index (χ0) is 14.6. The fourth-order valence-electron chi connectivity index (χ4n) is 2.86. The Labute approximate surface area is 118 Å². The van der Waals surface area contributed by atoms with E-state index < -0.39 is 0 Å². The zero-order valence-corrected chi connectivity index (χ0v) is 11.0. The summed E-state index contributed by atoms with van der Waals surface area (Å²) < 4.78 is 1.68. The topological polar surface area (TPSA) is 76.9 Å². The van der Waals surface area contributed by atoms with Crippen molar-refractivity contribution in [1.82, 2.24) is 20.3 Å². The van der Waals surface area contributed by atoms with Crippen LogP contribution in [0.5, 0.6) is 0 Å². The molecule has 0 fully saturated rings. The highest BCUT2D eigenvalue weighted by Crippen LogP contribution is 2.37. The van der Waals surface area contributed by atoms with E-state index in [-0.39, 0.29) is 11.4 Å². The SMILES string of the molecule is Cn1nnc2cc3c4c(cccc4c21)C(=C=O)NC3=C=O. The third kappa shape index (κ3) is 1.37. The van der Waals surface area contributed by atoms with E-state index in [0.717, 1.165) is 16.3 Å². The number of carbonyl (C=O) groups excluding carboxylic acids is 2. The highest BCUT2D eigenvalue weighted by atomic mass is 16.1. The van der Waals surface area contributed by atoms with Crippen LogP contribution in [0.3, 0.4) is 0 Å². The minimum absolute atomic E-state index is 0.213. The second-order valence-electron chi connectivity index (χ2n) is 4.81. The van der Waals surface area contributed by atoms with E-state index in [0.29, 0.717) is 16.6 Å². The van der Waals surface area contributed by atoms with Crippen molar-refractivity contribution in [1.29, 1.82) is 0 Å². The highest BCUT2D eigenvalue weighted by molar-refractivity contribution is 6.19. The summed E-state index contributed by atoms with van der Waals surface area (Å²) >= 11 is 0. The lowest BCUT2D eigenvalue weighted by molar-refractivity contribution is 0.568. The van der Waals surface area contributed by atoms with Crippen molar-refractivity contribution >= 4 is 45.1 Å². The Kier molecular flexibility index (Phi) is 2.16. The molecular formula is C15H8N4O2. The van der Waals surface area contributed by atoms with Gasteiger partial charge in [0, 0.05) is 28.9 Å². The van der Waals surface area contributed by atoms with Crippen LogP contribution in [-0.2, 0) is 16.6 Å². The molecule has 4 rings (SSSR count). The number of benzene rings is 2. The van der Waals surface area contributed by atoms with E-state index in [4.69, 9.17) is 0 Å². The third-order valence-corrected chi connectivity index (χ3v) is 3.72. The minimum atomic E-state index is 0.213. The standard InChI is InChI=1S/C15H8N4O2/c1-19-15-9-4-2-3-8-12(6-20)16-13(7-21)10(14(8)9)5-11(15)17-18-19/h2-5,16H,1H3. The summed E-state index contributed by atoms with van der Waals surface area (Å²) in [5.74, 6) is 3.68. The maximum absolute atomic E-state index is 11.2. The summed E-state index contributed by atoms with van der Waals surface area (Å²) in [6, 6.07) is 7.37. The predicted molar refractivity (Wildman–Crippen MR) is 77.4 cm³/mol. The van der Waals surface area contributed by atoms with Crippen molar-refractivity contribution in [2.45, 2.75) is 0 Å². The highest BCUT2D eigenvalue weighted by Gasteiger charge is 2.24. The summed E-state index contributed by atoms with van der Waals surface area (Å²) in [5.41, 5.74) is 3.37. The average Bonchev–Trinajstić information content (AvgIpc) is 2.89. The Morgan fingerprint density at radius 1 is 1.14 bits per heavy atom. The molecule has 0 bridgehead atoms. The van der Waals surface area contributed by atoms with Gasteiger partial charge in [-0.25, -0.2) is 14.3 Å². The molecule has 2 aromatic carbocycles. The molecule has 21 heavy (non-hydrogen) atoms. The van der Waals surface area contributed by atoms with Crippen LogP contribution in [0.4, 0.5) is 0 Å². The second-order valence-corrected chi connectivity index (χ2v) is 4.81. The molecule has 1 aliphatic rings. The van der Waals surface area contributed by atoms with Gasteiger partial charge in [0.25, 0.3) is 0 Å². The van der Waals surface area contributed by atoms with E-state index in [1.165, 1.54) is 0 Å². The van der Waals surface area contributed by atoms with Crippen LogP contribution in [0, 0.1) is 0 Å². The zero-order valence-electron chi connectivity index (χ0n) is 11.0. The summed E-state index contributed by atoms with van der Waals surface area (Å²) in [6.07, 6.45) is 0. The Bertz CT molecular complexity index is 1030. The van der Waals surface area contributed by atoms with Gasteiger partial charge in [-0.1, -0.05) is 23.4 Å². The molecule has 0 saturated carbocycles. The number of aromatic nitrogens is 3. The molecule has 0 atom stereocenters. The van der Waals surface area contributed by atoms with Gasteiger partial charge in [0.1, 0.15) is 16.9 Å². The third-order valence-electron chi connectivity index (χ3n) is 3.72. The number of hydrogen-bond acceptors (Lipinski definition) is 5. The molecule has 100 valence electrons. The molecule has 6 nitrogen and oxygen atoms in total. The van der Waals surface area contributed by atoms with Crippen molar-refractivity contribution in [3.8, 4) is 0 Å². The van der Waals surface area contributed by atoms with Crippen molar-refractivity contribution in [3.63, 3.8) is 0 Å². The molecule has 1 N–H and O–H groups in total. The summed E-state index contributed by atoms with van der Waals surface area (Å²) in [6.45, 7) is 0. The van der Waals surface area contributed by atoms with Gasteiger partial charge in [-0.15, -0.1) is 5.10 Å². The fraction of sp³-hybridized carbons (Fsp3) is 0.0667. The van der Waals surface area contributed by atoms with Gasteiger partial charge in [0.05, 0.1) is 5.52 Å². The number of hydrogen-bond donors (Lipinski definition) is 1. The smallest absolute Gasteiger partial charge is 0.151 e. The molecule has 2 heterocycles. The first kappa shape index (κ1) is 11.6. The van der Waals surface area contributed by atoms with Gasteiger partial charge in [-0.05, 0) is 6.07 Å². The lowest BCUT2D eigenvalue weighted by atomic mass is 9.92. The number of fused-ring (bicyclic) bond motifs is 2. The Balaban J connectivity index is 2.36. The van der Waals surface area contributed by atoms with Crippen molar-refractivity contribution in [2.75, 3.05) is 0 Å². The Morgan fingerprint density at radius 2 is 1.90 bits per heavy atom. The molecular weight excluding hydrogens is 268 g/mol. The van der Waals surface area contributed by atoms with Crippen LogP contribution in [0.15, 0.2) is 24.3 Å². The van der Waals surface area contributed by atoms with Gasteiger partial charge < -0.3 is 5.32 Å². The lowest BCUT2D eigenvalue weighted by Crippen LogP contribution is -2.18. The van der Waals surface area contributed by atoms with Gasteiger partial charge in [-0.2, -0.15) is 0 Å². The minimum Gasteiger partial charge on any atom is -0.336 e. The van der Waals surface area contributed by atoms with E-state index in [2.05, 4.69) is 15.6 Å². The fourth-order valence-corrected chi connectivity index (χ4v) is 2.86. The van der Waals surface area contributed by atoms with E-state index in [1.807, 2.05) is 30.1 Å². The molecule has 0 saturated heterocycles. The van der Waals surface area contributed by atoms with Crippen molar-refractivity contribution < 1.29 is 9.59 Å². The quantitative estimate of drug-likeness (QED) is 0.621. The van der Waals surface area contributed by atoms with Crippen molar-refractivity contribution in [3.05, 3.63) is 35.4 Å². The molecule has 3 aromatic rings. The van der Waals surface area contributed by atoms with E-state index in [1.54, 1.807) is 17.8 Å². The number of rotatable bonds is 0. The largest absolute Gasteiger partial charge is 0.336 e. The van der Waals surface area contributed by atoms with E-state index >= 15 is 0 Å². The molecule has 0 unspecified atom stereocenters. The van der Waals surface area contributed by atoms with Gasteiger partial charge in [0.2, 0.25) is 0 Å². The number of aryl methyl sites for hydroxylation is 1. The van der Waals surface area contributed by atoms with Gasteiger partial charge >= 0.3 is 0 Å². The van der Waals surface area contributed by atoms with Crippen LogP contribution < -0.4 is 5.32 Å². The maximum Gasteiger partial charge on any atom is 0.151 e. The number of nitrogens with one attached hydrogen (secondary N) is 1. The van der Waals surface area contributed by atoms with Crippen LogP contribution in [-0.4, -0.2) is 26.9 Å². The van der Waals surface area contributed by atoms with Crippen LogP contribution >= 0.6 is 0 Å². The molecule has 1 aromatic heterocycles. The summed E-state index contributed by atoms with van der Waals surface area (Å²) in [5, 5.41) is 12.6. The number of nitrogens with zero attached hydrogens (tertiary/aromatic N) is 3. The first-order valence-corrected chi connectivity index (χ1v) is 6.27. The summed E-state index contributed by atoms with van der Waals surface area (Å²) in [7, 11) is 1.80.